The van der Waals surface area contributed by atoms with Crippen molar-refractivity contribution in [3.8, 4) is 0 Å². The maximum Gasteiger partial charge on any atom is 0.0932 e. The van der Waals surface area contributed by atoms with E-state index in [1.165, 1.54) is 0 Å². The number of rotatable bonds is 1. The van der Waals surface area contributed by atoms with Gasteiger partial charge in [0, 0.05) is 10.7 Å². The normalized spacial score (nSPS) is 13.1. The van der Waals surface area contributed by atoms with Gasteiger partial charge in [0.05, 0.1) is 11.8 Å². The number of aliphatic hydroxyl groups excluding tert-OH is 1. The van der Waals surface area contributed by atoms with E-state index in [2.05, 4.69) is 4.98 Å². The van der Waals surface area contributed by atoms with Gasteiger partial charge in [-0.3, -0.25) is 4.98 Å². The summed E-state index contributed by atoms with van der Waals surface area (Å²) in [6.07, 6.45) is -0.549. The maximum absolute atomic E-state index is 9.15. The molecule has 0 aliphatic carbocycles. The van der Waals surface area contributed by atoms with E-state index in [-0.39, 0.29) is 0 Å². The highest BCUT2D eigenvalue weighted by Crippen LogP contribution is 2.16. The molecule has 0 amide bonds. The van der Waals surface area contributed by atoms with Crippen molar-refractivity contribution in [2.45, 2.75) is 20.0 Å². The molecule has 1 atom stereocenters. The average Bonchev–Trinajstić information content (AvgIpc) is 1.85. The van der Waals surface area contributed by atoms with Gasteiger partial charge < -0.3 is 5.11 Å². The summed E-state index contributed by atoms with van der Waals surface area (Å²) in [5.41, 5.74) is 1.45. The predicted octanol–water partition coefficient (Wildman–Crippen LogP) is 2.10. The quantitative estimate of drug-likeness (QED) is 0.702. The Kier molecular flexibility index (Phi) is 2.47. The molecule has 1 aromatic heterocycles. The molecular formula is C8H10ClNO. The summed E-state index contributed by atoms with van der Waals surface area (Å²) in [7, 11) is 0. The molecule has 0 fully saturated rings. The third-order valence-corrected chi connectivity index (χ3v) is 1.58. The Bertz CT molecular complexity index is 240. The molecule has 0 radical (unpaired) electrons. The van der Waals surface area contributed by atoms with Gasteiger partial charge in [0.2, 0.25) is 0 Å². The number of hydrogen-bond acceptors (Lipinski definition) is 2. The minimum absolute atomic E-state index is 0.549. The van der Waals surface area contributed by atoms with Crippen LogP contribution in [0.15, 0.2) is 12.1 Å². The van der Waals surface area contributed by atoms with Crippen molar-refractivity contribution in [3.05, 3.63) is 28.5 Å². The summed E-state index contributed by atoms with van der Waals surface area (Å²) < 4.78 is 0. The molecule has 0 bridgehead atoms. The van der Waals surface area contributed by atoms with E-state index in [0.29, 0.717) is 10.7 Å². The van der Waals surface area contributed by atoms with Gasteiger partial charge in [-0.25, -0.2) is 0 Å². The van der Waals surface area contributed by atoms with Crippen LogP contribution in [0, 0.1) is 6.92 Å². The lowest BCUT2D eigenvalue weighted by Crippen LogP contribution is -1.96. The molecule has 1 N–H and O–H groups in total. The first-order valence-electron chi connectivity index (χ1n) is 3.42. The van der Waals surface area contributed by atoms with E-state index in [9.17, 15) is 0 Å². The highest BCUT2D eigenvalue weighted by atomic mass is 35.5. The van der Waals surface area contributed by atoms with Gasteiger partial charge in [-0.1, -0.05) is 11.6 Å². The molecule has 0 aromatic carbocycles. The summed E-state index contributed by atoms with van der Waals surface area (Å²) in [6, 6.07) is 3.42. The number of nitrogens with zero attached hydrogens (tertiary/aromatic N) is 1. The van der Waals surface area contributed by atoms with Gasteiger partial charge in [-0.2, -0.15) is 0 Å². The van der Waals surface area contributed by atoms with Crippen molar-refractivity contribution >= 4 is 11.6 Å². The van der Waals surface area contributed by atoms with Crippen molar-refractivity contribution in [1.29, 1.82) is 0 Å². The lowest BCUT2D eigenvalue weighted by Gasteiger charge is -2.04. The third-order valence-electron chi connectivity index (χ3n) is 1.37. The summed E-state index contributed by atoms with van der Waals surface area (Å²) >= 11 is 5.74. The average molecular weight is 172 g/mol. The van der Waals surface area contributed by atoms with Crippen LogP contribution in [0.4, 0.5) is 0 Å². The molecule has 0 saturated carbocycles. The van der Waals surface area contributed by atoms with Gasteiger partial charge >= 0.3 is 0 Å². The highest BCUT2D eigenvalue weighted by Gasteiger charge is 2.03. The summed E-state index contributed by atoms with van der Waals surface area (Å²) in [4.78, 5) is 4.10. The topological polar surface area (TPSA) is 33.1 Å². The number of pyridine rings is 1. The fourth-order valence-electron chi connectivity index (χ4n) is 0.865. The number of halogens is 1. The molecule has 11 heavy (non-hydrogen) atoms. The SMILES string of the molecule is Cc1cc(Cl)cc(C(C)O)n1. The van der Waals surface area contributed by atoms with E-state index in [1.54, 1.807) is 19.1 Å². The fourth-order valence-corrected chi connectivity index (χ4v) is 1.13. The fraction of sp³-hybridized carbons (Fsp3) is 0.375. The second-order valence-electron chi connectivity index (χ2n) is 2.53. The lowest BCUT2D eigenvalue weighted by molar-refractivity contribution is 0.194. The van der Waals surface area contributed by atoms with E-state index >= 15 is 0 Å². The Hall–Kier alpha value is -0.600. The van der Waals surface area contributed by atoms with Gasteiger partial charge in [-0.15, -0.1) is 0 Å². The van der Waals surface area contributed by atoms with Crippen LogP contribution >= 0.6 is 11.6 Å². The summed E-state index contributed by atoms with van der Waals surface area (Å²) in [5, 5.41) is 9.77. The maximum atomic E-state index is 9.15. The number of aromatic nitrogens is 1. The Labute approximate surface area is 70.8 Å². The van der Waals surface area contributed by atoms with E-state index in [0.717, 1.165) is 5.69 Å². The molecule has 1 heterocycles. The largest absolute Gasteiger partial charge is 0.387 e. The van der Waals surface area contributed by atoms with E-state index < -0.39 is 6.10 Å². The van der Waals surface area contributed by atoms with Crippen LogP contribution in [0.3, 0.4) is 0 Å². The second-order valence-corrected chi connectivity index (χ2v) is 2.96. The molecule has 60 valence electrons. The van der Waals surface area contributed by atoms with Crippen LogP contribution in [0.5, 0.6) is 0 Å². The van der Waals surface area contributed by atoms with E-state index in [1.807, 2.05) is 6.92 Å². The van der Waals surface area contributed by atoms with Crippen molar-refractivity contribution in [2.75, 3.05) is 0 Å². The van der Waals surface area contributed by atoms with Crippen LogP contribution in [0.1, 0.15) is 24.4 Å². The molecule has 3 heteroatoms. The zero-order valence-corrected chi connectivity index (χ0v) is 7.26. The zero-order valence-electron chi connectivity index (χ0n) is 6.50. The molecule has 0 saturated heterocycles. The smallest absolute Gasteiger partial charge is 0.0932 e. The van der Waals surface area contributed by atoms with Crippen molar-refractivity contribution in [2.24, 2.45) is 0 Å². The third kappa shape index (κ3) is 2.17. The first-order chi connectivity index (χ1) is 5.09. The molecule has 0 spiro atoms. The molecule has 1 aromatic rings. The number of aryl methyl sites for hydroxylation is 1. The highest BCUT2D eigenvalue weighted by molar-refractivity contribution is 6.30. The van der Waals surface area contributed by atoms with E-state index in [4.69, 9.17) is 16.7 Å². The molecule has 1 unspecified atom stereocenters. The second kappa shape index (κ2) is 3.20. The zero-order chi connectivity index (χ0) is 8.43. The molecule has 2 nitrogen and oxygen atoms in total. The number of aliphatic hydroxyl groups is 1. The Morgan fingerprint density at radius 1 is 1.55 bits per heavy atom. The minimum atomic E-state index is -0.549. The van der Waals surface area contributed by atoms with Crippen LogP contribution in [0.25, 0.3) is 0 Å². The predicted molar refractivity (Wildman–Crippen MR) is 44.6 cm³/mol. The van der Waals surface area contributed by atoms with Crippen LogP contribution in [-0.2, 0) is 0 Å². The standard InChI is InChI=1S/C8H10ClNO/c1-5-3-7(9)4-8(10-5)6(2)11/h3-4,6,11H,1-2H3. The lowest BCUT2D eigenvalue weighted by atomic mass is 10.2. The van der Waals surface area contributed by atoms with Crippen molar-refractivity contribution < 1.29 is 5.11 Å². The molecule has 1 rings (SSSR count). The summed E-state index contributed by atoms with van der Waals surface area (Å²) in [5.74, 6) is 0. The molecule has 0 aliphatic rings. The van der Waals surface area contributed by atoms with Crippen molar-refractivity contribution in [3.63, 3.8) is 0 Å². The molecular weight excluding hydrogens is 162 g/mol. The van der Waals surface area contributed by atoms with Crippen LogP contribution in [0.2, 0.25) is 5.02 Å². The number of hydrogen-bond donors (Lipinski definition) is 1. The molecule has 0 aliphatic heterocycles. The minimum Gasteiger partial charge on any atom is -0.387 e. The Morgan fingerprint density at radius 3 is 2.64 bits per heavy atom. The first kappa shape index (κ1) is 8.50. The van der Waals surface area contributed by atoms with Gasteiger partial charge in [-0.05, 0) is 26.0 Å². The Balaban J connectivity index is 3.08. The van der Waals surface area contributed by atoms with Crippen LogP contribution in [-0.4, -0.2) is 10.1 Å². The first-order valence-corrected chi connectivity index (χ1v) is 3.79. The monoisotopic (exact) mass is 171 g/mol. The van der Waals surface area contributed by atoms with Gasteiger partial charge in [0.15, 0.2) is 0 Å². The van der Waals surface area contributed by atoms with Crippen molar-refractivity contribution in [1.82, 2.24) is 4.98 Å². The van der Waals surface area contributed by atoms with Crippen LogP contribution < -0.4 is 0 Å². The van der Waals surface area contributed by atoms with Gasteiger partial charge in [0.25, 0.3) is 0 Å². The Morgan fingerprint density at radius 2 is 2.18 bits per heavy atom. The van der Waals surface area contributed by atoms with Gasteiger partial charge in [0.1, 0.15) is 0 Å². The summed E-state index contributed by atoms with van der Waals surface area (Å²) in [6.45, 7) is 3.51.